The highest BCUT2D eigenvalue weighted by atomic mass is 32.1. The maximum absolute atomic E-state index is 4.35. The molecule has 0 atom stereocenters. The quantitative estimate of drug-likeness (QED) is 0.802. The second-order valence-corrected chi connectivity index (χ2v) is 4.87. The molecule has 0 saturated heterocycles. The summed E-state index contributed by atoms with van der Waals surface area (Å²) in [5, 5.41) is 5.53. The number of aryl methyl sites for hydroxylation is 1. The fourth-order valence-corrected chi connectivity index (χ4v) is 2.19. The smallest absolute Gasteiger partial charge is 0.0541 e. The highest BCUT2D eigenvalue weighted by Crippen LogP contribution is 2.08. The van der Waals surface area contributed by atoms with Crippen LogP contribution in [-0.2, 0) is 13.0 Å². The van der Waals surface area contributed by atoms with E-state index in [0.29, 0.717) is 0 Å². The van der Waals surface area contributed by atoms with Gasteiger partial charge in [-0.25, -0.2) is 0 Å². The van der Waals surface area contributed by atoms with Crippen LogP contribution in [0.5, 0.6) is 0 Å². The molecule has 0 bridgehead atoms. The van der Waals surface area contributed by atoms with Gasteiger partial charge in [-0.1, -0.05) is 12.1 Å². The van der Waals surface area contributed by atoms with Crippen molar-refractivity contribution >= 4 is 11.3 Å². The Balaban J connectivity index is 1.70. The molecule has 2 aromatic rings. The molecule has 1 N–H and O–H groups in total. The zero-order valence-corrected chi connectivity index (χ0v) is 10.3. The Bertz CT molecular complexity index is 406. The predicted molar refractivity (Wildman–Crippen MR) is 68.7 cm³/mol. The van der Waals surface area contributed by atoms with Crippen LogP contribution in [0, 0.1) is 6.92 Å². The molecule has 0 fully saturated rings. The Kier molecular flexibility index (Phi) is 4.08. The Labute approximate surface area is 100 Å². The molecule has 2 heterocycles. The summed E-state index contributed by atoms with van der Waals surface area (Å²) >= 11 is 1.82. The number of aromatic nitrogens is 1. The molecule has 0 unspecified atom stereocenters. The van der Waals surface area contributed by atoms with Gasteiger partial charge in [0.2, 0.25) is 0 Å². The summed E-state index contributed by atoms with van der Waals surface area (Å²) in [5.41, 5.74) is 2.32. The zero-order chi connectivity index (χ0) is 11.2. The second kappa shape index (κ2) is 5.77. The average molecular weight is 232 g/mol. The number of nitrogens with zero attached hydrogens (tertiary/aromatic N) is 1. The normalized spacial score (nSPS) is 10.6. The molecular formula is C13H16N2S. The van der Waals surface area contributed by atoms with Gasteiger partial charge >= 0.3 is 0 Å². The second-order valence-electron chi connectivity index (χ2n) is 3.83. The highest BCUT2D eigenvalue weighted by molar-refractivity contribution is 7.09. The lowest BCUT2D eigenvalue weighted by Gasteiger charge is -2.03. The standard InChI is InChI=1S/C13H16N2S/c1-11-4-5-12(15-9-11)10-14-7-6-13-3-2-8-16-13/h2-5,8-9,14H,6-7,10H2,1H3. The van der Waals surface area contributed by atoms with E-state index in [2.05, 4.69) is 46.9 Å². The van der Waals surface area contributed by atoms with Crippen molar-refractivity contribution in [1.82, 2.24) is 10.3 Å². The van der Waals surface area contributed by atoms with Gasteiger partial charge in [-0.2, -0.15) is 0 Å². The van der Waals surface area contributed by atoms with Crippen LogP contribution in [0.15, 0.2) is 35.8 Å². The first-order valence-electron chi connectivity index (χ1n) is 5.49. The summed E-state index contributed by atoms with van der Waals surface area (Å²) in [6, 6.07) is 8.45. The summed E-state index contributed by atoms with van der Waals surface area (Å²) < 4.78 is 0. The third-order valence-corrected chi connectivity index (χ3v) is 3.34. The number of thiophene rings is 1. The molecular weight excluding hydrogens is 216 g/mol. The number of rotatable bonds is 5. The minimum Gasteiger partial charge on any atom is -0.311 e. The number of pyridine rings is 1. The van der Waals surface area contributed by atoms with E-state index in [-0.39, 0.29) is 0 Å². The summed E-state index contributed by atoms with van der Waals surface area (Å²) in [5.74, 6) is 0. The minimum atomic E-state index is 0.853. The molecule has 0 aliphatic carbocycles. The Morgan fingerprint density at radius 2 is 2.25 bits per heavy atom. The lowest BCUT2D eigenvalue weighted by atomic mass is 10.2. The van der Waals surface area contributed by atoms with Crippen LogP contribution in [0.4, 0.5) is 0 Å². The molecule has 3 heteroatoms. The summed E-state index contributed by atoms with van der Waals surface area (Å²) in [6.07, 6.45) is 3.01. The largest absolute Gasteiger partial charge is 0.311 e. The van der Waals surface area contributed by atoms with Gasteiger partial charge in [0.1, 0.15) is 0 Å². The van der Waals surface area contributed by atoms with Crippen LogP contribution in [0.1, 0.15) is 16.1 Å². The molecule has 0 radical (unpaired) electrons. The SMILES string of the molecule is Cc1ccc(CNCCc2cccs2)nc1. The molecule has 0 aliphatic heterocycles. The van der Waals surface area contributed by atoms with E-state index in [4.69, 9.17) is 0 Å². The minimum absolute atomic E-state index is 0.853. The van der Waals surface area contributed by atoms with Crippen molar-refractivity contribution in [3.63, 3.8) is 0 Å². The van der Waals surface area contributed by atoms with Gasteiger partial charge in [0, 0.05) is 24.2 Å². The van der Waals surface area contributed by atoms with E-state index in [1.165, 1.54) is 10.4 Å². The maximum atomic E-state index is 4.35. The lowest BCUT2D eigenvalue weighted by Crippen LogP contribution is -2.17. The molecule has 2 rings (SSSR count). The highest BCUT2D eigenvalue weighted by Gasteiger charge is 1.95. The van der Waals surface area contributed by atoms with Crippen molar-refractivity contribution < 1.29 is 0 Å². The van der Waals surface area contributed by atoms with Gasteiger partial charge in [0.15, 0.2) is 0 Å². The van der Waals surface area contributed by atoms with Crippen molar-refractivity contribution in [2.24, 2.45) is 0 Å². The Hall–Kier alpha value is -1.19. The molecule has 0 amide bonds. The topological polar surface area (TPSA) is 24.9 Å². The van der Waals surface area contributed by atoms with Crippen molar-refractivity contribution in [3.8, 4) is 0 Å². The molecule has 16 heavy (non-hydrogen) atoms. The molecule has 0 saturated carbocycles. The van der Waals surface area contributed by atoms with Gasteiger partial charge in [-0.05, 0) is 36.4 Å². The maximum Gasteiger partial charge on any atom is 0.0541 e. The van der Waals surface area contributed by atoms with Crippen LogP contribution in [-0.4, -0.2) is 11.5 Å². The number of hydrogen-bond acceptors (Lipinski definition) is 3. The van der Waals surface area contributed by atoms with E-state index in [9.17, 15) is 0 Å². The first kappa shape index (κ1) is 11.3. The third-order valence-electron chi connectivity index (χ3n) is 2.41. The lowest BCUT2D eigenvalue weighted by molar-refractivity contribution is 0.678. The van der Waals surface area contributed by atoms with Crippen LogP contribution < -0.4 is 5.32 Å². The molecule has 84 valence electrons. The van der Waals surface area contributed by atoms with Gasteiger partial charge in [0.05, 0.1) is 5.69 Å². The van der Waals surface area contributed by atoms with E-state index >= 15 is 0 Å². The van der Waals surface area contributed by atoms with Gasteiger partial charge < -0.3 is 5.32 Å². The number of hydrogen-bond donors (Lipinski definition) is 1. The van der Waals surface area contributed by atoms with Crippen LogP contribution in [0.3, 0.4) is 0 Å². The third kappa shape index (κ3) is 3.43. The first-order valence-corrected chi connectivity index (χ1v) is 6.37. The van der Waals surface area contributed by atoms with Crippen LogP contribution in [0.25, 0.3) is 0 Å². The molecule has 0 aromatic carbocycles. The molecule has 2 nitrogen and oxygen atoms in total. The van der Waals surface area contributed by atoms with Gasteiger partial charge in [-0.3, -0.25) is 4.98 Å². The summed E-state index contributed by atoms with van der Waals surface area (Å²) in [6.45, 7) is 3.92. The first-order chi connectivity index (χ1) is 7.84. The van der Waals surface area contributed by atoms with Crippen molar-refractivity contribution in [3.05, 3.63) is 52.0 Å². The van der Waals surface area contributed by atoms with Crippen molar-refractivity contribution in [2.75, 3.05) is 6.54 Å². The molecule has 2 aromatic heterocycles. The average Bonchev–Trinajstić information content (AvgIpc) is 2.80. The summed E-state index contributed by atoms with van der Waals surface area (Å²) in [7, 11) is 0. The van der Waals surface area contributed by atoms with E-state index in [1.807, 2.05) is 17.5 Å². The van der Waals surface area contributed by atoms with Crippen molar-refractivity contribution in [1.29, 1.82) is 0 Å². The molecule has 0 spiro atoms. The zero-order valence-electron chi connectivity index (χ0n) is 9.44. The van der Waals surface area contributed by atoms with Gasteiger partial charge in [0.25, 0.3) is 0 Å². The van der Waals surface area contributed by atoms with E-state index in [0.717, 1.165) is 25.2 Å². The fourth-order valence-electron chi connectivity index (χ4n) is 1.49. The van der Waals surface area contributed by atoms with E-state index < -0.39 is 0 Å². The summed E-state index contributed by atoms with van der Waals surface area (Å²) in [4.78, 5) is 5.79. The van der Waals surface area contributed by atoms with Crippen molar-refractivity contribution in [2.45, 2.75) is 19.9 Å². The monoisotopic (exact) mass is 232 g/mol. The Morgan fingerprint density at radius 1 is 1.31 bits per heavy atom. The Morgan fingerprint density at radius 3 is 2.94 bits per heavy atom. The predicted octanol–water partition coefficient (Wildman–Crippen LogP) is 2.78. The van der Waals surface area contributed by atoms with Crippen LogP contribution in [0.2, 0.25) is 0 Å². The van der Waals surface area contributed by atoms with Gasteiger partial charge in [-0.15, -0.1) is 11.3 Å². The fraction of sp³-hybridized carbons (Fsp3) is 0.308. The van der Waals surface area contributed by atoms with Crippen LogP contribution >= 0.6 is 11.3 Å². The number of nitrogens with one attached hydrogen (secondary N) is 1. The molecule has 0 aliphatic rings. The van der Waals surface area contributed by atoms with E-state index in [1.54, 1.807) is 0 Å².